The maximum absolute atomic E-state index is 12.6. The SMILES string of the molecule is C[C@@H]1OC(=O)[C@@H]1N(Cc1ccc(-c2ccc(C(F)(F)F)cc2)cc1)C(=O)O. The maximum atomic E-state index is 12.6. The Balaban J connectivity index is 1.75. The summed E-state index contributed by atoms with van der Waals surface area (Å²) < 4.78 is 42.7. The second-order valence-corrected chi connectivity index (χ2v) is 6.27. The fourth-order valence-electron chi connectivity index (χ4n) is 2.95. The Kier molecular flexibility index (Phi) is 4.82. The summed E-state index contributed by atoms with van der Waals surface area (Å²) in [4.78, 5) is 24.0. The van der Waals surface area contributed by atoms with E-state index in [1.54, 1.807) is 31.2 Å². The van der Waals surface area contributed by atoms with Gasteiger partial charge in [-0.1, -0.05) is 36.4 Å². The molecule has 1 fully saturated rings. The van der Waals surface area contributed by atoms with Crippen molar-refractivity contribution in [2.75, 3.05) is 0 Å². The molecular weight excluding hydrogens is 363 g/mol. The van der Waals surface area contributed by atoms with Crippen LogP contribution in [0.25, 0.3) is 11.1 Å². The Bertz CT molecular complexity index is 847. The Morgan fingerprint density at radius 1 is 1.07 bits per heavy atom. The number of carbonyl (C=O) groups excluding carboxylic acids is 1. The maximum Gasteiger partial charge on any atom is 0.416 e. The molecule has 2 atom stereocenters. The molecule has 0 bridgehead atoms. The van der Waals surface area contributed by atoms with Gasteiger partial charge in [0.25, 0.3) is 0 Å². The van der Waals surface area contributed by atoms with E-state index in [1.165, 1.54) is 12.1 Å². The summed E-state index contributed by atoms with van der Waals surface area (Å²) in [7, 11) is 0. The van der Waals surface area contributed by atoms with Crippen LogP contribution in [0.4, 0.5) is 18.0 Å². The molecule has 0 unspecified atom stereocenters. The van der Waals surface area contributed by atoms with Gasteiger partial charge in [-0.2, -0.15) is 13.2 Å². The minimum atomic E-state index is -4.39. The molecular formula is C19H16F3NO4. The van der Waals surface area contributed by atoms with Crippen LogP contribution in [0.15, 0.2) is 48.5 Å². The van der Waals surface area contributed by atoms with Gasteiger partial charge in [-0.05, 0) is 35.7 Å². The van der Waals surface area contributed by atoms with E-state index in [0.717, 1.165) is 17.0 Å². The van der Waals surface area contributed by atoms with Crippen LogP contribution in [0.1, 0.15) is 18.1 Å². The third kappa shape index (κ3) is 3.89. The fraction of sp³-hybridized carbons (Fsp3) is 0.263. The number of alkyl halides is 3. The van der Waals surface area contributed by atoms with E-state index in [2.05, 4.69) is 0 Å². The fourth-order valence-corrected chi connectivity index (χ4v) is 2.95. The molecule has 0 saturated carbocycles. The highest BCUT2D eigenvalue weighted by atomic mass is 19.4. The third-order valence-electron chi connectivity index (χ3n) is 4.42. The van der Waals surface area contributed by atoms with Crippen LogP contribution in [0.2, 0.25) is 0 Å². The van der Waals surface area contributed by atoms with Crippen LogP contribution in [-0.2, 0) is 22.3 Å². The summed E-state index contributed by atoms with van der Waals surface area (Å²) in [5.74, 6) is -0.578. The number of cyclic esters (lactones) is 1. The number of esters is 1. The molecule has 8 heteroatoms. The molecule has 1 N–H and O–H groups in total. The number of halogens is 3. The molecule has 0 aliphatic carbocycles. The molecule has 1 heterocycles. The normalized spacial score (nSPS) is 19.2. The molecule has 3 rings (SSSR count). The lowest BCUT2D eigenvalue weighted by Crippen LogP contribution is -2.59. The van der Waals surface area contributed by atoms with Gasteiger partial charge in [-0.3, -0.25) is 4.90 Å². The van der Waals surface area contributed by atoms with Crippen molar-refractivity contribution >= 4 is 12.1 Å². The van der Waals surface area contributed by atoms with Crippen LogP contribution >= 0.6 is 0 Å². The molecule has 2 aromatic rings. The first-order valence-corrected chi connectivity index (χ1v) is 8.13. The number of carbonyl (C=O) groups is 2. The van der Waals surface area contributed by atoms with Gasteiger partial charge in [0.2, 0.25) is 0 Å². The molecule has 2 aromatic carbocycles. The monoisotopic (exact) mass is 379 g/mol. The van der Waals surface area contributed by atoms with Crippen molar-refractivity contribution in [3.8, 4) is 11.1 Å². The number of nitrogens with zero attached hydrogens (tertiary/aromatic N) is 1. The van der Waals surface area contributed by atoms with Gasteiger partial charge in [-0.15, -0.1) is 0 Å². The van der Waals surface area contributed by atoms with Gasteiger partial charge in [0.05, 0.1) is 12.1 Å². The van der Waals surface area contributed by atoms with Crippen molar-refractivity contribution in [2.24, 2.45) is 0 Å². The van der Waals surface area contributed by atoms with E-state index in [-0.39, 0.29) is 6.54 Å². The minimum absolute atomic E-state index is 0.00668. The average molecular weight is 379 g/mol. The van der Waals surface area contributed by atoms with Crippen LogP contribution in [-0.4, -0.2) is 34.2 Å². The molecule has 1 aliphatic heterocycles. The number of hydrogen-bond acceptors (Lipinski definition) is 3. The second kappa shape index (κ2) is 6.94. The first-order valence-electron chi connectivity index (χ1n) is 8.13. The Morgan fingerprint density at radius 3 is 2.00 bits per heavy atom. The summed E-state index contributed by atoms with van der Waals surface area (Å²) in [5.41, 5.74) is 1.24. The van der Waals surface area contributed by atoms with Gasteiger partial charge in [0.15, 0.2) is 6.04 Å². The van der Waals surface area contributed by atoms with E-state index in [4.69, 9.17) is 4.74 Å². The molecule has 1 saturated heterocycles. The standard InChI is InChI=1S/C19H16F3NO4/c1-11-16(17(24)27-11)23(18(25)26)10-12-2-4-13(5-3-12)14-6-8-15(9-7-14)19(20,21)22/h2-9,11,16H,10H2,1H3,(H,25,26)/t11-,16+/m0/s1. The molecule has 142 valence electrons. The van der Waals surface area contributed by atoms with Crippen molar-refractivity contribution in [2.45, 2.75) is 31.8 Å². The second-order valence-electron chi connectivity index (χ2n) is 6.27. The summed E-state index contributed by atoms with van der Waals surface area (Å²) in [6.07, 6.45) is -6.11. The average Bonchev–Trinajstić information content (AvgIpc) is 2.61. The van der Waals surface area contributed by atoms with Crippen LogP contribution < -0.4 is 0 Å². The first kappa shape index (κ1) is 18.8. The van der Waals surface area contributed by atoms with E-state index in [1.807, 2.05) is 0 Å². The zero-order chi connectivity index (χ0) is 19.8. The lowest BCUT2D eigenvalue weighted by Gasteiger charge is -2.39. The Morgan fingerprint density at radius 2 is 1.59 bits per heavy atom. The zero-order valence-electron chi connectivity index (χ0n) is 14.2. The van der Waals surface area contributed by atoms with Crippen molar-refractivity contribution in [1.82, 2.24) is 4.90 Å². The van der Waals surface area contributed by atoms with Crippen molar-refractivity contribution < 1.29 is 32.6 Å². The molecule has 0 spiro atoms. The van der Waals surface area contributed by atoms with E-state index < -0.39 is 35.9 Å². The third-order valence-corrected chi connectivity index (χ3v) is 4.42. The molecule has 0 radical (unpaired) electrons. The summed E-state index contributed by atoms with van der Waals surface area (Å²) in [6.45, 7) is 1.63. The first-order chi connectivity index (χ1) is 12.7. The number of hydrogen-bond donors (Lipinski definition) is 1. The quantitative estimate of drug-likeness (QED) is 0.810. The highest BCUT2D eigenvalue weighted by molar-refractivity contribution is 5.86. The number of carboxylic acid groups (broad SMARTS) is 1. The highest BCUT2D eigenvalue weighted by Gasteiger charge is 2.45. The van der Waals surface area contributed by atoms with Gasteiger partial charge < -0.3 is 9.84 Å². The minimum Gasteiger partial charge on any atom is -0.465 e. The molecule has 27 heavy (non-hydrogen) atoms. The predicted molar refractivity (Wildman–Crippen MR) is 89.8 cm³/mol. The highest BCUT2D eigenvalue weighted by Crippen LogP contribution is 2.31. The predicted octanol–water partition coefficient (Wildman–Crippen LogP) is 4.17. The lowest BCUT2D eigenvalue weighted by atomic mass is 10.0. The Labute approximate surface area is 153 Å². The number of ether oxygens (including phenoxy) is 1. The van der Waals surface area contributed by atoms with Crippen molar-refractivity contribution in [1.29, 1.82) is 0 Å². The summed E-state index contributed by atoms with van der Waals surface area (Å²) in [5, 5.41) is 9.36. The zero-order valence-corrected chi connectivity index (χ0v) is 14.2. The van der Waals surface area contributed by atoms with Gasteiger partial charge in [0.1, 0.15) is 6.10 Å². The molecule has 0 aromatic heterocycles. The van der Waals surface area contributed by atoms with E-state index >= 15 is 0 Å². The summed E-state index contributed by atoms with van der Waals surface area (Å²) >= 11 is 0. The lowest BCUT2D eigenvalue weighted by molar-refractivity contribution is -0.183. The van der Waals surface area contributed by atoms with Gasteiger partial charge >= 0.3 is 18.2 Å². The van der Waals surface area contributed by atoms with Crippen molar-refractivity contribution in [3.63, 3.8) is 0 Å². The Hall–Kier alpha value is -3.03. The smallest absolute Gasteiger partial charge is 0.416 e. The topological polar surface area (TPSA) is 66.8 Å². The van der Waals surface area contributed by atoms with Crippen molar-refractivity contribution in [3.05, 3.63) is 59.7 Å². The van der Waals surface area contributed by atoms with Crippen LogP contribution in [0.3, 0.4) is 0 Å². The molecule has 1 aliphatic rings. The van der Waals surface area contributed by atoms with Crippen LogP contribution in [0, 0.1) is 0 Å². The van der Waals surface area contributed by atoms with Gasteiger partial charge in [0, 0.05) is 0 Å². The number of rotatable bonds is 4. The van der Waals surface area contributed by atoms with Gasteiger partial charge in [-0.25, -0.2) is 9.59 Å². The number of benzene rings is 2. The largest absolute Gasteiger partial charge is 0.465 e. The summed E-state index contributed by atoms with van der Waals surface area (Å²) in [6, 6.07) is 10.7. The van der Waals surface area contributed by atoms with E-state index in [9.17, 15) is 27.9 Å². The molecule has 5 nitrogen and oxygen atoms in total. The van der Waals surface area contributed by atoms with E-state index in [0.29, 0.717) is 16.7 Å². The number of amides is 1. The molecule has 1 amide bonds. The van der Waals surface area contributed by atoms with Crippen LogP contribution in [0.5, 0.6) is 0 Å².